The average Bonchev–Trinajstić information content (AvgIpc) is 2.53. The van der Waals surface area contributed by atoms with Gasteiger partial charge in [0.05, 0.1) is 20.3 Å². The molecule has 0 bridgehead atoms. The SMILES string of the molecule is COc1ccc(OC)c(C(O)CNc2ccccc2C)c1. The molecule has 2 aromatic carbocycles. The van der Waals surface area contributed by atoms with E-state index in [4.69, 9.17) is 9.47 Å². The molecule has 4 heteroatoms. The first-order chi connectivity index (χ1) is 10.2. The van der Waals surface area contributed by atoms with E-state index in [9.17, 15) is 5.11 Å². The molecule has 0 fully saturated rings. The van der Waals surface area contributed by atoms with Gasteiger partial charge in [-0.15, -0.1) is 0 Å². The smallest absolute Gasteiger partial charge is 0.124 e. The van der Waals surface area contributed by atoms with E-state index >= 15 is 0 Å². The third-order valence-electron chi connectivity index (χ3n) is 3.43. The van der Waals surface area contributed by atoms with Crippen molar-refractivity contribution >= 4 is 5.69 Å². The van der Waals surface area contributed by atoms with Crippen molar-refractivity contribution in [2.45, 2.75) is 13.0 Å². The minimum Gasteiger partial charge on any atom is -0.497 e. The minimum absolute atomic E-state index is 0.397. The number of para-hydroxylation sites is 1. The van der Waals surface area contributed by atoms with Crippen molar-refractivity contribution < 1.29 is 14.6 Å². The number of anilines is 1. The maximum absolute atomic E-state index is 10.4. The normalized spacial score (nSPS) is 11.8. The summed E-state index contributed by atoms with van der Waals surface area (Å²) in [7, 11) is 3.19. The van der Waals surface area contributed by atoms with Crippen LogP contribution in [0.5, 0.6) is 11.5 Å². The Morgan fingerprint density at radius 3 is 2.52 bits per heavy atom. The second kappa shape index (κ2) is 6.99. The number of ether oxygens (including phenoxy) is 2. The van der Waals surface area contributed by atoms with Gasteiger partial charge in [0.25, 0.3) is 0 Å². The maximum Gasteiger partial charge on any atom is 0.124 e. The fourth-order valence-corrected chi connectivity index (χ4v) is 2.19. The molecule has 0 heterocycles. The molecular weight excluding hydrogens is 266 g/mol. The predicted octanol–water partition coefficient (Wildman–Crippen LogP) is 3.16. The summed E-state index contributed by atoms with van der Waals surface area (Å²) in [6, 6.07) is 13.4. The summed E-state index contributed by atoms with van der Waals surface area (Å²) in [6.07, 6.45) is -0.686. The molecule has 0 amide bonds. The Labute approximate surface area is 125 Å². The van der Waals surface area contributed by atoms with E-state index < -0.39 is 6.10 Å². The molecule has 0 saturated heterocycles. The van der Waals surface area contributed by atoms with E-state index in [1.807, 2.05) is 37.3 Å². The molecule has 0 spiro atoms. The van der Waals surface area contributed by atoms with E-state index in [2.05, 4.69) is 5.32 Å². The Morgan fingerprint density at radius 2 is 1.86 bits per heavy atom. The lowest BCUT2D eigenvalue weighted by molar-refractivity contribution is 0.186. The van der Waals surface area contributed by atoms with Gasteiger partial charge in [-0.25, -0.2) is 0 Å². The number of methoxy groups -OCH3 is 2. The second-order valence-corrected chi connectivity index (χ2v) is 4.82. The van der Waals surface area contributed by atoms with Gasteiger partial charge in [0.1, 0.15) is 11.5 Å². The number of aliphatic hydroxyl groups excluding tert-OH is 1. The van der Waals surface area contributed by atoms with Gasteiger partial charge in [0.15, 0.2) is 0 Å². The summed E-state index contributed by atoms with van der Waals surface area (Å²) in [5.74, 6) is 1.34. The van der Waals surface area contributed by atoms with Crippen molar-refractivity contribution in [2.24, 2.45) is 0 Å². The zero-order valence-electron chi connectivity index (χ0n) is 12.6. The second-order valence-electron chi connectivity index (χ2n) is 4.82. The van der Waals surface area contributed by atoms with Crippen molar-refractivity contribution in [2.75, 3.05) is 26.1 Å². The van der Waals surface area contributed by atoms with Gasteiger partial charge in [-0.1, -0.05) is 18.2 Å². The summed E-state index contributed by atoms with van der Waals surface area (Å²) < 4.78 is 10.5. The van der Waals surface area contributed by atoms with Crippen LogP contribution in [0.25, 0.3) is 0 Å². The van der Waals surface area contributed by atoms with Gasteiger partial charge in [0, 0.05) is 17.8 Å². The molecule has 112 valence electrons. The Hall–Kier alpha value is -2.20. The molecule has 1 unspecified atom stereocenters. The highest BCUT2D eigenvalue weighted by Gasteiger charge is 2.14. The molecule has 2 rings (SSSR count). The summed E-state index contributed by atoms with van der Waals surface area (Å²) in [5.41, 5.74) is 2.86. The largest absolute Gasteiger partial charge is 0.497 e. The molecule has 0 aliphatic rings. The van der Waals surface area contributed by atoms with E-state index in [1.165, 1.54) is 0 Å². The summed E-state index contributed by atoms with van der Waals surface area (Å²) >= 11 is 0. The Morgan fingerprint density at radius 1 is 1.10 bits per heavy atom. The van der Waals surface area contributed by atoms with Crippen LogP contribution in [0, 0.1) is 6.92 Å². The highest BCUT2D eigenvalue weighted by Crippen LogP contribution is 2.29. The fourth-order valence-electron chi connectivity index (χ4n) is 2.19. The van der Waals surface area contributed by atoms with Crippen LogP contribution in [0.1, 0.15) is 17.2 Å². The van der Waals surface area contributed by atoms with Crippen molar-refractivity contribution in [1.82, 2.24) is 0 Å². The first kappa shape index (κ1) is 15.2. The lowest BCUT2D eigenvalue weighted by atomic mass is 10.1. The highest BCUT2D eigenvalue weighted by molar-refractivity contribution is 5.51. The maximum atomic E-state index is 10.4. The zero-order chi connectivity index (χ0) is 15.2. The Kier molecular flexibility index (Phi) is 5.06. The quantitative estimate of drug-likeness (QED) is 0.857. The number of rotatable bonds is 6. The number of benzene rings is 2. The number of hydrogen-bond donors (Lipinski definition) is 2. The predicted molar refractivity (Wildman–Crippen MR) is 84.2 cm³/mol. The lowest BCUT2D eigenvalue weighted by Crippen LogP contribution is -2.13. The van der Waals surface area contributed by atoms with Gasteiger partial charge in [-0.2, -0.15) is 0 Å². The first-order valence-electron chi connectivity index (χ1n) is 6.85. The van der Waals surface area contributed by atoms with Crippen molar-refractivity contribution in [3.63, 3.8) is 0 Å². The highest BCUT2D eigenvalue weighted by atomic mass is 16.5. The van der Waals surface area contributed by atoms with Gasteiger partial charge in [-0.3, -0.25) is 0 Å². The Bertz CT molecular complexity index is 598. The average molecular weight is 287 g/mol. The number of aliphatic hydroxyl groups is 1. The van der Waals surface area contributed by atoms with Crippen LogP contribution in [0.3, 0.4) is 0 Å². The van der Waals surface area contributed by atoms with Gasteiger partial charge < -0.3 is 19.9 Å². The molecule has 0 aliphatic carbocycles. The van der Waals surface area contributed by atoms with Crippen LogP contribution in [-0.4, -0.2) is 25.9 Å². The number of hydrogen-bond acceptors (Lipinski definition) is 4. The van der Waals surface area contributed by atoms with E-state index in [0.717, 1.165) is 11.3 Å². The van der Waals surface area contributed by atoms with Crippen LogP contribution >= 0.6 is 0 Å². The minimum atomic E-state index is -0.686. The van der Waals surface area contributed by atoms with Crippen LogP contribution in [0.15, 0.2) is 42.5 Å². The van der Waals surface area contributed by atoms with Gasteiger partial charge in [-0.05, 0) is 36.8 Å². The summed E-state index contributed by atoms with van der Waals surface area (Å²) in [6.45, 7) is 2.43. The standard InChI is InChI=1S/C17H21NO3/c1-12-6-4-5-7-15(12)18-11-16(19)14-10-13(20-2)8-9-17(14)21-3/h4-10,16,18-19H,11H2,1-3H3. The lowest BCUT2D eigenvalue weighted by Gasteiger charge is -2.18. The van der Waals surface area contributed by atoms with Crippen LogP contribution < -0.4 is 14.8 Å². The molecule has 4 nitrogen and oxygen atoms in total. The van der Waals surface area contributed by atoms with Gasteiger partial charge >= 0.3 is 0 Å². The third kappa shape index (κ3) is 3.67. The fraction of sp³-hybridized carbons (Fsp3) is 0.294. The van der Waals surface area contributed by atoms with Crippen molar-refractivity contribution in [3.05, 3.63) is 53.6 Å². The van der Waals surface area contributed by atoms with Gasteiger partial charge in [0.2, 0.25) is 0 Å². The summed E-state index contributed by atoms with van der Waals surface area (Å²) in [4.78, 5) is 0. The van der Waals surface area contributed by atoms with Crippen LogP contribution in [0.2, 0.25) is 0 Å². The molecule has 0 saturated carbocycles. The van der Waals surface area contributed by atoms with E-state index in [-0.39, 0.29) is 0 Å². The molecule has 0 aromatic heterocycles. The molecule has 21 heavy (non-hydrogen) atoms. The van der Waals surface area contributed by atoms with Crippen LogP contribution in [0.4, 0.5) is 5.69 Å². The summed E-state index contributed by atoms with van der Waals surface area (Å²) in [5, 5.41) is 13.7. The molecular formula is C17H21NO3. The molecule has 2 N–H and O–H groups in total. The zero-order valence-corrected chi connectivity index (χ0v) is 12.6. The molecule has 2 aromatic rings. The number of aryl methyl sites for hydroxylation is 1. The Balaban J connectivity index is 2.13. The van der Waals surface area contributed by atoms with Crippen molar-refractivity contribution in [1.29, 1.82) is 0 Å². The molecule has 0 radical (unpaired) electrons. The first-order valence-corrected chi connectivity index (χ1v) is 6.85. The monoisotopic (exact) mass is 287 g/mol. The third-order valence-corrected chi connectivity index (χ3v) is 3.43. The number of nitrogens with one attached hydrogen (secondary N) is 1. The van der Waals surface area contributed by atoms with E-state index in [1.54, 1.807) is 26.4 Å². The van der Waals surface area contributed by atoms with Crippen LogP contribution in [-0.2, 0) is 0 Å². The topological polar surface area (TPSA) is 50.7 Å². The molecule has 0 aliphatic heterocycles. The van der Waals surface area contributed by atoms with Crippen molar-refractivity contribution in [3.8, 4) is 11.5 Å². The van der Waals surface area contributed by atoms with E-state index in [0.29, 0.717) is 23.6 Å². The molecule has 1 atom stereocenters.